The van der Waals surface area contributed by atoms with E-state index in [1.165, 1.54) is 41.8 Å². The summed E-state index contributed by atoms with van der Waals surface area (Å²) in [6.07, 6.45) is 10.7. The van der Waals surface area contributed by atoms with Gasteiger partial charge in [0.25, 0.3) is 0 Å². The van der Waals surface area contributed by atoms with Gasteiger partial charge in [0, 0.05) is 23.4 Å². The SMILES string of the molecule is N#CC1=CC2=CC3=C(CCC3)NC2=CC1. The van der Waals surface area contributed by atoms with Gasteiger partial charge in [0.2, 0.25) is 0 Å². The Bertz CT molecular complexity index is 481. The number of nitrogens with one attached hydrogen (secondary N) is 1. The van der Waals surface area contributed by atoms with E-state index in [2.05, 4.69) is 23.5 Å². The van der Waals surface area contributed by atoms with Crippen molar-refractivity contribution in [3.05, 3.63) is 46.3 Å². The number of allylic oxidation sites excluding steroid dienone is 6. The van der Waals surface area contributed by atoms with Crippen LogP contribution in [-0.2, 0) is 0 Å². The van der Waals surface area contributed by atoms with Crippen LogP contribution in [0.1, 0.15) is 25.7 Å². The number of hydrogen-bond acceptors (Lipinski definition) is 2. The Balaban J connectivity index is 2.03. The number of nitrogens with zero attached hydrogens (tertiary/aromatic N) is 1. The van der Waals surface area contributed by atoms with Crippen molar-refractivity contribution in [1.29, 1.82) is 5.26 Å². The third-order valence-electron chi connectivity index (χ3n) is 3.19. The summed E-state index contributed by atoms with van der Waals surface area (Å²) in [6.45, 7) is 0. The van der Waals surface area contributed by atoms with E-state index in [-0.39, 0.29) is 0 Å². The first-order valence-corrected chi connectivity index (χ1v) is 5.39. The summed E-state index contributed by atoms with van der Waals surface area (Å²) >= 11 is 0. The van der Waals surface area contributed by atoms with Crippen molar-refractivity contribution in [2.24, 2.45) is 0 Å². The average Bonchev–Trinajstić information content (AvgIpc) is 2.72. The summed E-state index contributed by atoms with van der Waals surface area (Å²) in [4.78, 5) is 0. The van der Waals surface area contributed by atoms with Crippen LogP contribution >= 0.6 is 0 Å². The van der Waals surface area contributed by atoms with Crippen LogP contribution in [-0.4, -0.2) is 0 Å². The fraction of sp³-hybridized carbons (Fsp3) is 0.308. The average molecular weight is 196 g/mol. The van der Waals surface area contributed by atoms with Crippen molar-refractivity contribution >= 4 is 0 Å². The largest absolute Gasteiger partial charge is 0.358 e. The van der Waals surface area contributed by atoms with Crippen LogP contribution in [0.5, 0.6) is 0 Å². The highest BCUT2D eigenvalue weighted by Crippen LogP contribution is 2.34. The predicted octanol–water partition coefficient (Wildman–Crippen LogP) is 2.69. The fourth-order valence-corrected chi connectivity index (χ4v) is 2.39. The second-order valence-corrected chi connectivity index (χ2v) is 4.19. The molecule has 2 nitrogen and oxygen atoms in total. The van der Waals surface area contributed by atoms with Crippen LogP contribution in [0.2, 0.25) is 0 Å². The molecule has 0 saturated carbocycles. The summed E-state index contributed by atoms with van der Waals surface area (Å²) in [5, 5.41) is 12.3. The molecule has 2 heteroatoms. The summed E-state index contributed by atoms with van der Waals surface area (Å²) in [7, 11) is 0. The van der Waals surface area contributed by atoms with E-state index < -0.39 is 0 Å². The Labute approximate surface area is 89.3 Å². The first kappa shape index (κ1) is 8.55. The summed E-state index contributed by atoms with van der Waals surface area (Å²) in [5.41, 5.74) is 6.04. The van der Waals surface area contributed by atoms with Gasteiger partial charge in [-0.1, -0.05) is 6.08 Å². The van der Waals surface area contributed by atoms with E-state index in [9.17, 15) is 0 Å². The Morgan fingerprint density at radius 3 is 3.07 bits per heavy atom. The molecule has 74 valence electrons. The molecule has 0 unspecified atom stereocenters. The second-order valence-electron chi connectivity index (χ2n) is 4.19. The van der Waals surface area contributed by atoms with Crippen LogP contribution in [0.4, 0.5) is 0 Å². The molecule has 0 radical (unpaired) electrons. The molecule has 0 aromatic carbocycles. The smallest absolute Gasteiger partial charge is 0.0950 e. The Hall–Kier alpha value is -1.75. The number of rotatable bonds is 0. The lowest BCUT2D eigenvalue weighted by Crippen LogP contribution is -2.19. The standard InChI is InChI=1S/C13H12N2/c14-8-9-4-5-13-11(6-9)7-10-2-1-3-12(10)15-13/h5-7,15H,1-4H2. The lowest BCUT2D eigenvalue weighted by atomic mass is 9.95. The zero-order valence-corrected chi connectivity index (χ0v) is 8.51. The lowest BCUT2D eigenvalue weighted by molar-refractivity contribution is 0.845. The van der Waals surface area contributed by atoms with Gasteiger partial charge in [-0.05, 0) is 42.6 Å². The quantitative estimate of drug-likeness (QED) is 0.646. The molecule has 0 bridgehead atoms. The van der Waals surface area contributed by atoms with Crippen molar-refractivity contribution in [2.75, 3.05) is 0 Å². The van der Waals surface area contributed by atoms with Gasteiger partial charge in [0.05, 0.1) is 6.07 Å². The van der Waals surface area contributed by atoms with Crippen molar-refractivity contribution in [1.82, 2.24) is 5.32 Å². The van der Waals surface area contributed by atoms with E-state index >= 15 is 0 Å². The molecule has 1 aliphatic heterocycles. The van der Waals surface area contributed by atoms with Crippen LogP contribution in [0.15, 0.2) is 46.3 Å². The Morgan fingerprint density at radius 2 is 2.20 bits per heavy atom. The minimum atomic E-state index is 0.763. The van der Waals surface area contributed by atoms with E-state index in [0.29, 0.717) is 0 Å². The molecule has 2 aliphatic carbocycles. The topological polar surface area (TPSA) is 35.8 Å². The van der Waals surface area contributed by atoms with Crippen molar-refractivity contribution < 1.29 is 0 Å². The predicted molar refractivity (Wildman–Crippen MR) is 58.5 cm³/mol. The summed E-state index contributed by atoms with van der Waals surface area (Å²) in [6, 6.07) is 2.23. The maximum atomic E-state index is 8.86. The van der Waals surface area contributed by atoms with E-state index in [1.54, 1.807) is 0 Å². The molecule has 0 amide bonds. The van der Waals surface area contributed by atoms with E-state index in [1.807, 2.05) is 6.08 Å². The number of nitriles is 1. The Morgan fingerprint density at radius 1 is 1.27 bits per heavy atom. The van der Waals surface area contributed by atoms with Gasteiger partial charge in [-0.25, -0.2) is 0 Å². The molecule has 15 heavy (non-hydrogen) atoms. The number of fused-ring (bicyclic) bond motifs is 1. The third kappa shape index (κ3) is 1.32. The maximum Gasteiger partial charge on any atom is 0.0950 e. The normalized spacial score (nSPS) is 23.0. The third-order valence-corrected chi connectivity index (χ3v) is 3.19. The van der Waals surface area contributed by atoms with Crippen LogP contribution < -0.4 is 5.32 Å². The van der Waals surface area contributed by atoms with Gasteiger partial charge in [0.15, 0.2) is 0 Å². The highest BCUT2D eigenvalue weighted by atomic mass is 14.9. The molecule has 0 fully saturated rings. The minimum Gasteiger partial charge on any atom is -0.358 e. The number of hydrogen-bond donors (Lipinski definition) is 1. The molecule has 3 rings (SSSR count). The molecule has 0 spiro atoms. The Kier molecular flexibility index (Phi) is 1.78. The molecule has 0 atom stereocenters. The van der Waals surface area contributed by atoms with Crippen molar-refractivity contribution in [3.63, 3.8) is 0 Å². The van der Waals surface area contributed by atoms with Gasteiger partial charge >= 0.3 is 0 Å². The fourth-order valence-electron chi connectivity index (χ4n) is 2.39. The molecular weight excluding hydrogens is 184 g/mol. The summed E-state index contributed by atoms with van der Waals surface area (Å²) in [5.74, 6) is 0. The van der Waals surface area contributed by atoms with Gasteiger partial charge in [-0.2, -0.15) is 5.26 Å². The first-order valence-electron chi connectivity index (χ1n) is 5.39. The van der Waals surface area contributed by atoms with E-state index in [0.717, 1.165) is 12.0 Å². The highest BCUT2D eigenvalue weighted by Gasteiger charge is 2.21. The first-order chi connectivity index (χ1) is 7.36. The second kappa shape index (κ2) is 3.13. The van der Waals surface area contributed by atoms with Crippen LogP contribution in [0, 0.1) is 11.3 Å². The van der Waals surface area contributed by atoms with Crippen LogP contribution in [0.3, 0.4) is 0 Å². The zero-order chi connectivity index (χ0) is 10.3. The number of dihydropyridines is 1. The van der Waals surface area contributed by atoms with Crippen LogP contribution in [0.25, 0.3) is 0 Å². The van der Waals surface area contributed by atoms with Gasteiger partial charge in [-0.3, -0.25) is 0 Å². The highest BCUT2D eigenvalue weighted by molar-refractivity contribution is 5.56. The van der Waals surface area contributed by atoms with E-state index in [4.69, 9.17) is 5.26 Å². The lowest BCUT2D eigenvalue weighted by Gasteiger charge is -2.22. The van der Waals surface area contributed by atoms with Gasteiger partial charge < -0.3 is 5.32 Å². The molecule has 0 saturated heterocycles. The molecule has 0 aromatic rings. The minimum absolute atomic E-state index is 0.763. The van der Waals surface area contributed by atoms with Crippen molar-refractivity contribution in [2.45, 2.75) is 25.7 Å². The van der Waals surface area contributed by atoms with Gasteiger partial charge in [-0.15, -0.1) is 0 Å². The van der Waals surface area contributed by atoms with Gasteiger partial charge in [0.1, 0.15) is 0 Å². The monoisotopic (exact) mass is 196 g/mol. The molecule has 3 aliphatic rings. The molecular formula is C13H12N2. The summed E-state index contributed by atoms with van der Waals surface area (Å²) < 4.78 is 0. The zero-order valence-electron chi connectivity index (χ0n) is 8.51. The molecule has 0 aromatic heterocycles. The van der Waals surface area contributed by atoms with Crippen molar-refractivity contribution in [3.8, 4) is 6.07 Å². The maximum absolute atomic E-state index is 8.86. The molecule has 1 heterocycles. The molecule has 1 N–H and O–H groups in total.